The number of carbonyl (C=O) groups excluding carboxylic acids is 2. The molecule has 2 amide bonds. The number of aryl methyl sites for hydroxylation is 1. The largest absolute Gasteiger partial charge is 0.347 e. The molecule has 1 aromatic carbocycles. The first-order chi connectivity index (χ1) is 12.2. The van der Waals surface area contributed by atoms with Crippen molar-refractivity contribution in [3.05, 3.63) is 23.8 Å². The standard InChI is InChI=1S/C18H27N3O4S/c1-13-9-10-15(11-16(13)26(24,25)21(2)3)20-17(22)12-19-18(23)14-7-5-4-6-8-14/h9-11,14H,4-8,12H2,1-3H3,(H,19,23)(H,20,22). The van der Waals surface area contributed by atoms with Gasteiger partial charge in [0.15, 0.2) is 0 Å². The van der Waals surface area contributed by atoms with Crippen LogP contribution in [0, 0.1) is 12.8 Å². The zero-order chi connectivity index (χ0) is 19.3. The zero-order valence-corrected chi connectivity index (χ0v) is 16.4. The maximum absolute atomic E-state index is 12.3. The van der Waals surface area contributed by atoms with Crippen LogP contribution in [0.3, 0.4) is 0 Å². The minimum absolute atomic E-state index is 0.00670. The lowest BCUT2D eigenvalue weighted by Gasteiger charge is -2.20. The maximum atomic E-state index is 12.3. The van der Waals surface area contributed by atoms with Crippen LogP contribution >= 0.6 is 0 Å². The minimum atomic E-state index is -3.59. The molecular weight excluding hydrogens is 354 g/mol. The molecule has 1 fully saturated rings. The van der Waals surface area contributed by atoms with Gasteiger partial charge in [-0.25, -0.2) is 12.7 Å². The van der Waals surface area contributed by atoms with Crippen molar-refractivity contribution in [3.63, 3.8) is 0 Å². The van der Waals surface area contributed by atoms with Crippen molar-refractivity contribution < 1.29 is 18.0 Å². The molecule has 144 valence electrons. The molecule has 1 saturated carbocycles. The molecule has 7 nitrogen and oxygen atoms in total. The molecular formula is C18H27N3O4S. The number of carbonyl (C=O) groups is 2. The second kappa shape index (κ2) is 8.64. The van der Waals surface area contributed by atoms with Gasteiger partial charge in [0.1, 0.15) is 0 Å². The second-order valence-corrected chi connectivity index (χ2v) is 8.99. The Morgan fingerprint density at radius 3 is 2.42 bits per heavy atom. The van der Waals surface area contributed by atoms with Gasteiger partial charge in [-0.15, -0.1) is 0 Å². The number of hydrogen-bond acceptors (Lipinski definition) is 4. The van der Waals surface area contributed by atoms with Gasteiger partial charge in [0.05, 0.1) is 11.4 Å². The van der Waals surface area contributed by atoms with Gasteiger partial charge in [-0.05, 0) is 37.5 Å². The first kappa shape index (κ1) is 20.4. The summed E-state index contributed by atoms with van der Waals surface area (Å²) in [5.41, 5.74) is 0.982. The van der Waals surface area contributed by atoms with E-state index in [1.54, 1.807) is 19.1 Å². The highest BCUT2D eigenvalue weighted by atomic mass is 32.2. The van der Waals surface area contributed by atoms with Gasteiger partial charge in [0, 0.05) is 25.7 Å². The predicted molar refractivity (Wildman–Crippen MR) is 100 cm³/mol. The smallest absolute Gasteiger partial charge is 0.243 e. The Morgan fingerprint density at radius 2 is 1.81 bits per heavy atom. The molecule has 0 aromatic heterocycles. The van der Waals surface area contributed by atoms with Gasteiger partial charge in [-0.2, -0.15) is 0 Å². The van der Waals surface area contributed by atoms with Gasteiger partial charge in [0.25, 0.3) is 0 Å². The summed E-state index contributed by atoms with van der Waals surface area (Å²) in [5.74, 6) is -0.474. The number of rotatable bonds is 6. The number of amides is 2. The second-order valence-electron chi connectivity index (χ2n) is 6.87. The number of hydrogen-bond donors (Lipinski definition) is 2. The maximum Gasteiger partial charge on any atom is 0.243 e. The van der Waals surface area contributed by atoms with E-state index in [1.165, 1.54) is 20.2 Å². The highest BCUT2D eigenvalue weighted by Gasteiger charge is 2.22. The van der Waals surface area contributed by atoms with Crippen LogP contribution in [0.2, 0.25) is 0 Å². The van der Waals surface area contributed by atoms with Crippen LogP contribution in [-0.4, -0.2) is 45.2 Å². The van der Waals surface area contributed by atoms with E-state index in [1.807, 2.05) is 0 Å². The molecule has 8 heteroatoms. The molecule has 1 aromatic rings. The molecule has 2 rings (SSSR count). The Labute approximate surface area is 155 Å². The van der Waals surface area contributed by atoms with Crippen LogP contribution in [0.5, 0.6) is 0 Å². The third-order valence-electron chi connectivity index (χ3n) is 4.63. The number of anilines is 1. The molecule has 26 heavy (non-hydrogen) atoms. The summed E-state index contributed by atoms with van der Waals surface area (Å²) in [6, 6.07) is 4.73. The minimum Gasteiger partial charge on any atom is -0.347 e. The molecule has 0 heterocycles. The molecule has 1 aliphatic rings. The lowest BCUT2D eigenvalue weighted by Crippen LogP contribution is -2.37. The SMILES string of the molecule is Cc1ccc(NC(=O)CNC(=O)C2CCCCC2)cc1S(=O)(=O)N(C)C. The average molecular weight is 381 g/mol. The van der Waals surface area contributed by atoms with Crippen LogP contribution in [0.4, 0.5) is 5.69 Å². The van der Waals surface area contributed by atoms with E-state index in [2.05, 4.69) is 10.6 Å². The summed E-state index contributed by atoms with van der Waals surface area (Å²) in [6.07, 6.45) is 5.01. The third-order valence-corrected chi connectivity index (χ3v) is 6.59. The predicted octanol–water partition coefficient (Wildman–Crippen LogP) is 1.88. The van der Waals surface area contributed by atoms with E-state index < -0.39 is 10.0 Å². The van der Waals surface area contributed by atoms with Gasteiger partial charge >= 0.3 is 0 Å². The van der Waals surface area contributed by atoms with E-state index in [-0.39, 0.29) is 29.2 Å². The van der Waals surface area contributed by atoms with Gasteiger partial charge in [0.2, 0.25) is 21.8 Å². The molecule has 0 atom stereocenters. The Hall–Kier alpha value is -1.93. The van der Waals surface area contributed by atoms with E-state index in [0.717, 1.165) is 36.4 Å². The number of sulfonamides is 1. The molecule has 0 radical (unpaired) electrons. The summed E-state index contributed by atoms with van der Waals surface area (Å²) >= 11 is 0. The lowest BCUT2D eigenvalue weighted by molar-refractivity contribution is -0.128. The lowest BCUT2D eigenvalue weighted by atomic mass is 9.89. The number of nitrogens with zero attached hydrogens (tertiary/aromatic N) is 1. The number of nitrogens with one attached hydrogen (secondary N) is 2. The quantitative estimate of drug-likeness (QED) is 0.786. The van der Waals surface area contributed by atoms with Gasteiger partial charge in [-0.1, -0.05) is 25.3 Å². The molecule has 0 bridgehead atoms. The average Bonchev–Trinajstić information content (AvgIpc) is 2.61. The normalized spacial score (nSPS) is 15.7. The van der Waals surface area contributed by atoms with E-state index >= 15 is 0 Å². The van der Waals surface area contributed by atoms with Crippen LogP contribution in [0.25, 0.3) is 0 Å². The van der Waals surface area contributed by atoms with Crippen molar-refractivity contribution in [2.45, 2.75) is 43.9 Å². The van der Waals surface area contributed by atoms with Crippen LogP contribution < -0.4 is 10.6 Å². The summed E-state index contributed by atoms with van der Waals surface area (Å²) in [4.78, 5) is 24.3. The Bertz CT molecular complexity index is 769. The molecule has 0 unspecified atom stereocenters. The fourth-order valence-corrected chi connectivity index (χ4v) is 4.18. The molecule has 2 N–H and O–H groups in total. The molecule has 0 aliphatic heterocycles. The van der Waals surface area contributed by atoms with Gasteiger partial charge in [-0.3, -0.25) is 9.59 Å². The third kappa shape index (κ3) is 5.04. The fourth-order valence-electron chi connectivity index (χ4n) is 3.03. The monoisotopic (exact) mass is 381 g/mol. The first-order valence-electron chi connectivity index (χ1n) is 8.82. The van der Waals surface area contributed by atoms with Crippen molar-refractivity contribution in [2.75, 3.05) is 26.0 Å². The molecule has 0 spiro atoms. The first-order valence-corrected chi connectivity index (χ1v) is 10.3. The van der Waals surface area contributed by atoms with Crippen LogP contribution in [0.15, 0.2) is 23.1 Å². The Kier molecular flexibility index (Phi) is 6.77. The summed E-state index contributed by atoms with van der Waals surface area (Å²) in [6.45, 7) is 1.57. The van der Waals surface area contributed by atoms with E-state index in [9.17, 15) is 18.0 Å². The summed E-state index contributed by atoms with van der Waals surface area (Å²) in [7, 11) is -0.676. The van der Waals surface area contributed by atoms with Crippen molar-refractivity contribution in [2.24, 2.45) is 5.92 Å². The van der Waals surface area contributed by atoms with E-state index in [4.69, 9.17) is 0 Å². The zero-order valence-electron chi connectivity index (χ0n) is 15.5. The van der Waals surface area contributed by atoms with E-state index in [0.29, 0.717) is 11.3 Å². The summed E-state index contributed by atoms with van der Waals surface area (Å²) in [5, 5.41) is 5.31. The molecule has 1 aliphatic carbocycles. The fraction of sp³-hybridized carbons (Fsp3) is 0.556. The van der Waals surface area contributed by atoms with Crippen molar-refractivity contribution in [3.8, 4) is 0 Å². The van der Waals surface area contributed by atoms with Crippen molar-refractivity contribution >= 4 is 27.5 Å². The van der Waals surface area contributed by atoms with Gasteiger partial charge < -0.3 is 10.6 Å². The Balaban J connectivity index is 1.97. The van der Waals surface area contributed by atoms with Crippen molar-refractivity contribution in [1.29, 1.82) is 0 Å². The molecule has 0 saturated heterocycles. The van der Waals surface area contributed by atoms with Crippen molar-refractivity contribution in [1.82, 2.24) is 9.62 Å². The topological polar surface area (TPSA) is 95.6 Å². The summed E-state index contributed by atoms with van der Waals surface area (Å²) < 4.78 is 25.8. The highest BCUT2D eigenvalue weighted by molar-refractivity contribution is 7.89. The van der Waals surface area contributed by atoms with Crippen LogP contribution in [-0.2, 0) is 19.6 Å². The highest BCUT2D eigenvalue weighted by Crippen LogP contribution is 2.24. The number of benzene rings is 1. The van der Waals surface area contributed by atoms with Crippen LogP contribution in [0.1, 0.15) is 37.7 Å². The Morgan fingerprint density at radius 1 is 1.15 bits per heavy atom.